The lowest BCUT2D eigenvalue weighted by Crippen LogP contribution is -2.44. The number of ether oxygens (including phenoxy) is 1. The molecule has 1 rings (SSSR count). The van der Waals surface area contributed by atoms with Crippen LogP contribution in [0.4, 0.5) is 0 Å². The van der Waals surface area contributed by atoms with Gasteiger partial charge in [0.05, 0.1) is 5.41 Å². The Bertz CT molecular complexity index is 249. The molecule has 1 aliphatic heterocycles. The first-order chi connectivity index (χ1) is 8.01. The van der Waals surface area contributed by atoms with E-state index in [0.29, 0.717) is 18.9 Å². The molecule has 1 fully saturated rings. The summed E-state index contributed by atoms with van der Waals surface area (Å²) in [6.07, 6.45) is 2.92. The minimum Gasteiger partial charge on any atom is -0.481 e. The monoisotopic (exact) mass is 243 g/mol. The van der Waals surface area contributed by atoms with E-state index in [2.05, 4.69) is 4.90 Å². The van der Waals surface area contributed by atoms with Crippen molar-refractivity contribution in [2.45, 2.75) is 33.1 Å². The van der Waals surface area contributed by atoms with Gasteiger partial charge in [-0.25, -0.2) is 0 Å². The Morgan fingerprint density at radius 3 is 2.47 bits per heavy atom. The quantitative estimate of drug-likeness (QED) is 0.773. The van der Waals surface area contributed by atoms with Crippen molar-refractivity contribution in [3.8, 4) is 0 Å². The molecule has 0 saturated carbocycles. The maximum Gasteiger partial charge on any atom is 0.310 e. The van der Waals surface area contributed by atoms with Crippen molar-refractivity contribution in [3.05, 3.63) is 0 Å². The van der Waals surface area contributed by atoms with Gasteiger partial charge in [-0.1, -0.05) is 6.92 Å². The van der Waals surface area contributed by atoms with E-state index in [0.717, 1.165) is 32.5 Å². The summed E-state index contributed by atoms with van der Waals surface area (Å²) in [7, 11) is 1.74. The molecular weight excluding hydrogens is 218 g/mol. The summed E-state index contributed by atoms with van der Waals surface area (Å²) in [5, 5.41) is 9.25. The zero-order valence-electron chi connectivity index (χ0n) is 11.2. The molecule has 0 radical (unpaired) electrons. The molecule has 0 aromatic rings. The smallest absolute Gasteiger partial charge is 0.310 e. The van der Waals surface area contributed by atoms with Crippen molar-refractivity contribution >= 4 is 5.97 Å². The number of likely N-dealkylation sites (tertiary alicyclic amines) is 1. The van der Waals surface area contributed by atoms with E-state index in [1.165, 1.54) is 0 Å². The van der Waals surface area contributed by atoms with Gasteiger partial charge in [-0.05, 0) is 45.2 Å². The van der Waals surface area contributed by atoms with Crippen LogP contribution < -0.4 is 0 Å². The van der Waals surface area contributed by atoms with Crippen LogP contribution in [0.3, 0.4) is 0 Å². The summed E-state index contributed by atoms with van der Waals surface area (Å²) in [6.45, 7) is 7.28. The van der Waals surface area contributed by atoms with Gasteiger partial charge in [0.2, 0.25) is 0 Å². The number of carbonyl (C=O) groups is 1. The highest BCUT2D eigenvalue weighted by molar-refractivity contribution is 5.74. The van der Waals surface area contributed by atoms with Crippen LogP contribution in [0.25, 0.3) is 0 Å². The molecule has 1 N–H and O–H groups in total. The highest BCUT2D eigenvalue weighted by Crippen LogP contribution is 2.26. The van der Waals surface area contributed by atoms with E-state index in [9.17, 15) is 9.90 Å². The van der Waals surface area contributed by atoms with E-state index in [1.54, 1.807) is 7.11 Å². The lowest BCUT2D eigenvalue weighted by Gasteiger charge is -2.36. The number of nitrogens with zero attached hydrogens (tertiary/aromatic N) is 1. The Balaban J connectivity index is 2.42. The lowest BCUT2D eigenvalue weighted by atomic mass is 9.86. The molecule has 0 aliphatic carbocycles. The van der Waals surface area contributed by atoms with Gasteiger partial charge in [-0.2, -0.15) is 0 Å². The Labute approximate surface area is 104 Å². The average Bonchev–Trinajstić information content (AvgIpc) is 2.31. The molecule has 1 unspecified atom stereocenters. The van der Waals surface area contributed by atoms with Crippen LogP contribution in [0.2, 0.25) is 0 Å². The molecule has 0 spiro atoms. The van der Waals surface area contributed by atoms with Crippen LogP contribution in [-0.4, -0.2) is 49.3 Å². The summed E-state index contributed by atoms with van der Waals surface area (Å²) in [5.74, 6) is -0.0343. The van der Waals surface area contributed by atoms with Gasteiger partial charge < -0.3 is 14.7 Å². The zero-order valence-corrected chi connectivity index (χ0v) is 11.2. The molecule has 0 aromatic heterocycles. The predicted molar refractivity (Wildman–Crippen MR) is 67.1 cm³/mol. The van der Waals surface area contributed by atoms with Crippen LogP contribution in [0.5, 0.6) is 0 Å². The van der Waals surface area contributed by atoms with Gasteiger partial charge in [0.15, 0.2) is 0 Å². The van der Waals surface area contributed by atoms with E-state index >= 15 is 0 Å². The maximum absolute atomic E-state index is 11.2. The van der Waals surface area contributed by atoms with E-state index in [4.69, 9.17) is 4.74 Å². The fourth-order valence-electron chi connectivity index (χ4n) is 2.37. The van der Waals surface area contributed by atoms with Crippen LogP contribution in [0, 0.1) is 11.3 Å². The second-order valence-corrected chi connectivity index (χ2v) is 5.39. The first-order valence-corrected chi connectivity index (χ1v) is 6.46. The number of piperidine rings is 1. The molecule has 17 heavy (non-hydrogen) atoms. The molecule has 0 amide bonds. The Kier molecular flexibility index (Phi) is 5.40. The van der Waals surface area contributed by atoms with Crippen LogP contribution in [0.15, 0.2) is 0 Å². The van der Waals surface area contributed by atoms with Crippen LogP contribution in [0.1, 0.15) is 33.1 Å². The normalized spacial score (nSPS) is 22.3. The number of carboxylic acids is 1. The molecule has 0 bridgehead atoms. The third-order valence-electron chi connectivity index (χ3n) is 3.98. The highest BCUT2D eigenvalue weighted by atomic mass is 16.5. The Morgan fingerprint density at radius 2 is 2.06 bits per heavy atom. The molecule has 100 valence electrons. The second-order valence-electron chi connectivity index (χ2n) is 5.39. The van der Waals surface area contributed by atoms with E-state index in [1.807, 2.05) is 13.8 Å². The van der Waals surface area contributed by atoms with Crippen molar-refractivity contribution in [2.24, 2.45) is 11.3 Å². The van der Waals surface area contributed by atoms with Crippen molar-refractivity contribution in [3.63, 3.8) is 0 Å². The molecule has 0 aromatic carbocycles. The van der Waals surface area contributed by atoms with Gasteiger partial charge in [0.1, 0.15) is 0 Å². The summed E-state index contributed by atoms with van der Waals surface area (Å²) in [4.78, 5) is 13.5. The number of carboxylic acid groups (broad SMARTS) is 1. The van der Waals surface area contributed by atoms with Gasteiger partial charge in [0.25, 0.3) is 0 Å². The fourth-order valence-corrected chi connectivity index (χ4v) is 2.37. The Morgan fingerprint density at radius 1 is 1.47 bits per heavy atom. The minimum atomic E-state index is -0.681. The number of hydrogen-bond acceptors (Lipinski definition) is 3. The first kappa shape index (κ1) is 14.5. The van der Waals surface area contributed by atoms with Gasteiger partial charge in [0, 0.05) is 20.3 Å². The fraction of sp³-hybridized carbons (Fsp3) is 0.923. The summed E-state index contributed by atoms with van der Waals surface area (Å²) in [5.41, 5.74) is -0.603. The van der Waals surface area contributed by atoms with Crippen molar-refractivity contribution in [1.29, 1.82) is 0 Å². The SMILES string of the molecule is CCC(C)(CN1CCC(COC)CC1)C(=O)O. The largest absolute Gasteiger partial charge is 0.481 e. The molecule has 4 heteroatoms. The number of methoxy groups -OCH3 is 1. The summed E-state index contributed by atoms with van der Waals surface area (Å²) >= 11 is 0. The zero-order chi connectivity index (χ0) is 12.9. The van der Waals surface area contributed by atoms with Crippen molar-refractivity contribution in [1.82, 2.24) is 4.90 Å². The van der Waals surface area contributed by atoms with Crippen LogP contribution in [-0.2, 0) is 9.53 Å². The van der Waals surface area contributed by atoms with Gasteiger partial charge in [-0.3, -0.25) is 4.79 Å². The van der Waals surface area contributed by atoms with E-state index < -0.39 is 11.4 Å². The van der Waals surface area contributed by atoms with Gasteiger partial charge >= 0.3 is 5.97 Å². The number of aliphatic carboxylic acids is 1. The minimum absolute atomic E-state index is 0.603. The Hall–Kier alpha value is -0.610. The molecule has 4 nitrogen and oxygen atoms in total. The predicted octanol–water partition coefficient (Wildman–Crippen LogP) is 1.85. The highest BCUT2D eigenvalue weighted by Gasteiger charge is 2.34. The van der Waals surface area contributed by atoms with Crippen LogP contribution >= 0.6 is 0 Å². The third kappa shape index (κ3) is 3.96. The number of hydrogen-bond donors (Lipinski definition) is 1. The maximum atomic E-state index is 11.2. The van der Waals surface area contributed by atoms with E-state index in [-0.39, 0.29) is 0 Å². The molecule has 1 aliphatic rings. The second kappa shape index (κ2) is 6.36. The summed E-state index contributed by atoms with van der Waals surface area (Å²) < 4.78 is 5.16. The van der Waals surface area contributed by atoms with Crippen molar-refractivity contribution in [2.75, 3.05) is 33.4 Å². The van der Waals surface area contributed by atoms with Crippen molar-refractivity contribution < 1.29 is 14.6 Å². The molecular formula is C13H25NO3. The molecule has 1 atom stereocenters. The topological polar surface area (TPSA) is 49.8 Å². The summed E-state index contributed by atoms with van der Waals surface area (Å²) in [6, 6.07) is 0. The molecule has 1 saturated heterocycles. The molecule has 1 heterocycles. The van der Waals surface area contributed by atoms with Gasteiger partial charge in [-0.15, -0.1) is 0 Å². The first-order valence-electron chi connectivity index (χ1n) is 6.46. The average molecular weight is 243 g/mol. The number of rotatable bonds is 6. The standard InChI is InChI=1S/C13H25NO3/c1-4-13(2,12(15)16)10-14-7-5-11(6-8-14)9-17-3/h11H,4-10H2,1-3H3,(H,15,16). The third-order valence-corrected chi connectivity index (χ3v) is 3.98. The lowest BCUT2D eigenvalue weighted by molar-refractivity contribution is -0.149.